The summed E-state index contributed by atoms with van der Waals surface area (Å²) >= 11 is 0. The van der Waals surface area contributed by atoms with Crippen LogP contribution in [0.1, 0.15) is 130 Å². The quantitative estimate of drug-likeness (QED) is 0.330. The standard InChI is InChI=1S/C20H32.C19H28O/c1-9-16-12-18(20(7,8)19(16,5)6)15(4)17-11-10-13(2)14(17)3;1-10-8-17(12(3)11(10)2)15(6)18-9-19(16(7)20)14(5)13(18)4/h10,12,15,18H,9,11H2,1-8H3;15-16,20H,8-9H2,1-7H3. The average Bonchev–Trinajstić information content (AvgIpc) is 3.52. The molecule has 0 fully saturated rings. The van der Waals surface area contributed by atoms with Crippen LogP contribution >= 0.6 is 0 Å². The summed E-state index contributed by atoms with van der Waals surface area (Å²) in [6.07, 6.45) is 9.12. The fourth-order valence-electron chi connectivity index (χ4n) is 8.05. The normalized spacial score (nSPS) is 26.4. The van der Waals surface area contributed by atoms with E-state index in [1.807, 2.05) is 6.92 Å². The summed E-state index contributed by atoms with van der Waals surface area (Å²) in [5, 5.41) is 9.94. The second-order valence-electron chi connectivity index (χ2n) is 14.6. The molecule has 4 unspecified atom stereocenters. The summed E-state index contributed by atoms with van der Waals surface area (Å²) in [7, 11) is 0. The van der Waals surface area contributed by atoms with E-state index in [1.54, 1.807) is 22.3 Å². The van der Waals surface area contributed by atoms with Crippen LogP contribution < -0.4 is 0 Å². The van der Waals surface area contributed by atoms with Gasteiger partial charge in [0.25, 0.3) is 0 Å². The van der Waals surface area contributed by atoms with Gasteiger partial charge < -0.3 is 5.11 Å². The van der Waals surface area contributed by atoms with Gasteiger partial charge in [-0.2, -0.15) is 0 Å². The van der Waals surface area contributed by atoms with Crippen LogP contribution in [0.15, 0.2) is 79.0 Å². The molecule has 4 aliphatic rings. The minimum absolute atomic E-state index is 0.316. The molecular weight excluding hydrogens is 484 g/mol. The lowest BCUT2D eigenvalue weighted by atomic mass is 9.60. The van der Waals surface area contributed by atoms with Crippen molar-refractivity contribution in [3.05, 3.63) is 79.0 Å². The molecule has 0 aromatic heterocycles. The fraction of sp³-hybridized carbons (Fsp3) is 0.641. The maximum absolute atomic E-state index is 9.94. The van der Waals surface area contributed by atoms with E-state index in [-0.39, 0.29) is 6.10 Å². The van der Waals surface area contributed by atoms with E-state index >= 15 is 0 Å². The van der Waals surface area contributed by atoms with Crippen LogP contribution in [0.3, 0.4) is 0 Å². The lowest BCUT2D eigenvalue weighted by Crippen LogP contribution is -2.37. The third-order valence-electron chi connectivity index (χ3n) is 12.4. The minimum Gasteiger partial charge on any atom is -0.389 e. The van der Waals surface area contributed by atoms with Crippen LogP contribution in [0.2, 0.25) is 0 Å². The molecule has 4 rings (SSSR count). The number of hydrogen-bond acceptors (Lipinski definition) is 1. The molecule has 4 atom stereocenters. The van der Waals surface area contributed by atoms with E-state index in [9.17, 15) is 5.11 Å². The maximum Gasteiger partial charge on any atom is 0.0730 e. The number of hydrogen-bond donors (Lipinski definition) is 1. The van der Waals surface area contributed by atoms with Crippen LogP contribution in [-0.4, -0.2) is 11.2 Å². The summed E-state index contributed by atoms with van der Waals surface area (Å²) in [5.74, 6) is 1.81. The van der Waals surface area contributed by atoms with Gasteiger partial charge in [0.05, 0.1) is 6.10 Å². The van der Waals surface area contributed by atoms with Gasteiger partial charge in [0.2, 0.25) is 0 Å². The molecule has 0 amide bonds. The van der Waals surface area contributed by atoms with Crippen molar-refractivity contribution in [3.63, 3.8) is 0 Å². The molecule has 0 bridgehead atoms. The molecule has 0 spiro atoms. The van der Waals surface area contributed by atoms with Crippen LogP contribution in [0.25, 0.3) is 0 Å². The van der Waals surface area contributed by atoms with E-state index < -0.39 is 0 Å². The van der Waals surface area contributed by atoms with Gasteiger partial charge in [0.15, 0.2) is 0 Å². The first-order valence-corrected chi connectivity index (χ1v) is 15.9. The largest absolute Gasteiger partial charge is 0.389 e. The number of aliphatic hydroxyl groups excluding tert-OH is 1. The van der Waals surface area contributed by atoms with Crippen molar-refractivity contribution >= 4 is 0 Å². The van der Waals surface area contributed by atoms with Gasteiger partial charge in [0, 0.05) is 0 Å². The summed E-state index contributed by atoms with van der Waals surface area (Å²) in [5.41, 5.74) is 18.5. The second kappa shape index (κ2) is 11.8. The number of allylic oxidation sites excluding steroid dienone is 13. The highest BCUT2D eigenvalue weighted by Crippen LogP contribution is 2.59. The predicted octanol–water partition coefficient (Wildman–Crippen LogP) is 11.4. The van der Waals surface area contributed by atoms with Crippen molar-refractivity contribution in [3.8, 4) is 0 Å². The minimum atomic E-state index is -0.324. The van der Waals surface area contributed by atoms with Crippen molar-refractivity contribution in [1.29, 1.82) is 0 Å². The van der Waals surface area contributed by atoms with Gasteiger partial charge in [-0.3, -0.25) is 0 Å². The topological polar surface area (TPSA) is 20.2 Å². The molecule has 4 aliphatic carbocycles. The average molecular weight is 545 g/mol. The Hall–Kier alpha value is -1.86. The smallest absolute Gasteiger partial charge is 0.0730 e. The van der Waals surface area contributed by atoms with Crippen molar-refractivity contribution < 1.29 is 5.11 Å². The summed E-state index contributed by atoms with van der Waals surface area (Å²) < 4.78 is 0. The van der Waals surface area contributed by atoms with Crippen molar-refractivity contribution in [2.45, 2.75) is 136 Å². The SMILES string of the molecule is CC1=C(C)C(C)=C(C(C)C2=C(C)C(C)=C(C(C)O)C2)C1.CCC1=CC(C(C)C2=C(C)C(C)=CC2)C(C)(C)C1(C)C. The molecule has 1 heteroatoms. The van der Waals surface area contributed by atoms with Gasteiger partial charge in [0.1, 0.15) is 0 Å². The molecule has 0 saturated heterocycles. The van der Waals surface area contributed by atoms with Gasteiger partial charge >= 0.3 is 0 Å². The van der Waals surface area contributed by atoms with Crippen molar-refractivity contribution in [2.24, 2.45) is 28.6 Å². The first-order chi connectivity index (χ1) is 18.4. The van der Waals surface area contributed by atoms with Crippen LogP contribution in [0.5, 0.6) is 0 Å². The first kappa shape index (κ1) is 32.7. The second-order valence-corrected chi connectivity index (χ2v) is 14.6. The van der Waals surface area contributed by atoms with E-state index in [4.69, 9.17) is 0 Å². The predicted molar refractivity (Wildman–Crippen MR) is 176 cm³/mol. The number of rotatable bonds is 6. The van der Waals surface area contributed by atoms with Crippen LogP contribution in [-0.2, 0) is 0 Å². The maximum atomic E-state index is 9.94. The highest BCUT2D eigenvalue weighted by molar-refractivity contribution is 5.53. The van der Waals surface area contributed by atoms with Crippen molar-refractivity contribution in [1.82, 2.24) is 0 Å². The van der Waals surface area contributed by atoms with Crippen LogP contribution in [0, 0.1) is 28.6 Å². The molecule has 0 aromatic rings. The zero-order valence-electron chi connectivity index (χ0n) is 28.7. The van der Waals surface area contributed by atoms with Gasteiger partial charge in [-0.1, -0.05) is 94.1 Å². The summed E-state index contributed by atoms with van der Waals surface area (Å²) in [6.45, 7) is 34.5. The Morgan fingerprint density at radius 2 is 1.27 bits per heavy atom. The van der Waals surface area contributed by atoms with Crippen LogP contribution in [0.4, 0.5) is 0 Å². The highest BCUT2D eigenvalue weighted by atomic mass is 16.3. The molecule has 0 radical (unpaired) electrons. The van der Waals surface area contributed by atoms with Gasteiger partial charge in [-0.15, -0.1) is 0 Å². The zero-order valence-corrected chi connectivity index (χ0v) is 28.7. The monoisotopic (exact) mass is 544 g/mol. The van der Waals surface area contributed by atoms with E-state index in [1.165, 1.54) is 57.4 Å². The Kier molecular flexibility index (Phi) is 9.63. The molecule has 1 N–H and O–H groups in total. The lowest BCUT2D eigenvalue weighted by molar-refractivity contribution is 0.0977. The Labute approximate surface area is 248 Å². The highest BCUT2D eigenvalue weighted by Gasteiger charge is 2.50. The van der Waals surface area contributed by atoms with E-state index in [0.29, 0.717) is 28.6 Å². The Balaban J connectivity index is 0.000000220. The Bertz CT molecular complexity index is 1260. The van der Waals surface area contributed by atoms with Crippen molar-refractivity contribution in [2.75, 3.05) is 0 Å². The summed E-state index contributed by atoms with van der Waals surface area (Å²) in [4.78, 5) is 0. The first-order valence-electron chi connectivity index (χ1n) is 15.9. The van der Waals surface area contributed by atoms with Gasteiger partial charge in [-0.05, 0) is 143 Å². The molecule has 0 aliphatic heterocycles. The van der Waals surface area contributed by atoms with Gasteiger partial charge in [-0.25, -0.2) is 0 Å². The zero-order chi connectivity index (χ0) is 30.5. The molecule has 0 aromatic carbocycles. The molecule has 40 heavy (non-hydrogen) atoms. The third-order valence-corrected chi connectivity index (χ3v) is 12.4. The molecule has 222 valence electrons. The molecule has 1 nitrogen and oxygen atoms in total. The fourth-order valence-corrected chi connectivity index (χ4v) is 8.05. The molecule has 0 saturated carbocycles. The Morgan fingerprint density at radius 3 is 1.68 bits per heavy atom. The lowest BCUT2D eigenvalue weighted by Gasteiger charge is -2.44. The third kappa shape index (κ3) is 5.49. The number of aliphatic hydroxyl groups is 1. The van der Waals surface area contributed by atoms with E-state index in [2.05, 4.69) is 109 Å². The Morgan fingerprint density at radius 1 is 0.750 bits per heavy atom. The summed E-state index contributed by atoms with van der Waals surface area (Å²) in [6, 6.07) is 0. The van der Waals surface area contributed by atoms with E-state index in [0.717, 1.165) is 12.8 Å². The molecule has 0 heterocycles. The molecular formula is C39H60O.